The predicted octanol–water partition coefficient (Wildman–Crippen LogP) is 3.19. The summed E-state index contributed by atoms with van der Waals surface area (Å²) < 4.78 is 16.1. The minimum atomic E-state index is -0.684. The quantitative estimate of drug-likeness (QED) is 0.611. The number of urea groups is 1. The van der Waals surface area contributed by atoms with Crippen molar-refractivity contribution < 1.29 is 28.6 Å². The van der Waals surface area contributed by atoms with Gasteiger partial charge in [0.2, 0.25) is 0 Å². The Hall–Kier alpha value is -2.77. The van der Waals surface area contributed by atoms with Crippen LogP contribution in [0, 0.1) is 0 Å². The van der Waals surface area contributed by atoms with Crippen molar-refractivity contribution in [2.75, 3.05) is 19.8 Å². The molecule has 1 aliphatic carbocycles. The zero-order valence-corrected chi connectivity index (χ0v) is 17.1. The van der Waals surface area contributed by atoms with Crippen molar-refractivity contribution in [2.45, 2.75) is 58.4 Å². The first kappa shape index (κ1) is 22.5. The van der Waals surface area contributed by atoms with Crippen molar-refractivity contribution >= 4 is 17.9 Å². The molecule has 8 nitrogen and oxygen atoms in total. The second kappa shape index (κ2) is 11.9. The lowest BCUT2D eigenvalue weighted by atomic mass is 9.96. The fourth-order valence-corrected chi connectivity index (χ4v) is 3.08. The number of nitrogens with one attached hydrogen (secondary N) is 2. The van der Waals surface area contributed by atoms with Gasteiger partial charge in [-0.2, -0.15) is 0 Å². The number of imide groups is 1. The molecule has 0 spiro atoms. The first-order chi connectivity index (χ1) is 14.0. The number of amides is 3. The van der Waals surface area contributed by atoms with Gasteiger partial charge in [-0.15, -0.1) is 0 Å². The van der Waals surface area contributed by atoms with Gasteiger partial charge in [-0.25, -0.2) is 9.59 Å². The largest absolute Gasteiger partial charge is 0.490 e. The van der Waals surface area contributed by atoms with Crippen molar-refractivity contribution in [1.82, 2.24) is 10.6 Å². The summed E-state index contributed by atoms with van der Waals surface area (Å²) in [6.07, 6.45) is 5.99. The molecular formula is C21H30N2O6. The lowest BCUT2D eigenvalue weighted by molar-refractivity contribution is -0.123. The van der Waals surface area contributed by atoms with Crippen molar-refractivity contribution in [2.24, 2.45) is 0 Å². The highest BCUT2D eigenvalue weighted by Crippen LogP contribution is 2.29. The number of hydrogen-bond donors (Lipinski definition) is 2. The minimum absolute atomic E-state index is 0.0875. The molecule has 2 N–H and O–H groups in total. The van der Waals surface area contributed by atoms with Crippen LogP contribution in [0.2, 0.25) is 0 Å². The number of carbonyl (C=O) groups is 3. The van der Waals surface area contributed by atoms with E-state index < -0.39 is 24.5 Å². The van der Waals surface area contributed by atoms with Crippen LogP contribution in [0.3, 0.4) is 0 Å². The topological polar surface area (TPSA) is 103 Å². The number of hydrogen-bond acceptors (Lipinski definition) is 6. The summed E-state index contributed by atoms with van der Waals surface area (Å²) in [7, 11) is 0. The molecule has 2 rings (SSSR count). The van der Waals surface area contributed by atoms with E-state index in [-0.39, 0.29) is 11.6 Å². The number of esters is 1. The Morgan fingerprint density at radius 2 is 1.79 bits per heavy atom. The van der Waals surface area contributed by atoms with E-state index >= 15 is 0 Å². The Morgan fingerprint density at radius 3 is 2.48 bits per heavy atom. The third-order valence-electron chi connectivity index (χ3n) is 4.47. The molecule has 1 fully saturated rings. The van der Waals surface area contributed by atoms with E-state index in [0.717, 1.165) is 32.1 Å². The second-order valence-electron chi connectivity index (χ2n) is 6.88. The van der Waals surface area contributed by atoms with Crippen LogP contribution < -0.4 is 20.1 Å². The van der Waals surface area contributed by atoms with Gasteiger partial charge in [0.25, 0.3) is 5.91 Å². The summed E-state index contributed by atoms with van der Waals surface area (Å²) >= 11 is 0. The van der Waals surface area contributed by atoms with Crippen LogP contribution in [-0.4, -0.2) is 43.8 Å². The molecule has 0 saturated heterocycles. The van der Waals surface area contributed by atoms with Gasteiger partial charge in [0.05, 0.1) is 18.8 Å². The van der Waals surface area contributed by atoms with Crippen LogP contribution in [0.1, 0.15) is 62.7 Å². The zero-order chi connectivity index (χ0) is 21.1. The summed E-state index contributed by atoms with van der Waals surface area (Å²) in [5.41, 5.74) is 0.233. The van der Waals surface area contributed by atoms with E-state index in [1.807, 2.05) is 13.8 Å². The molecule has 29 heavy (non-hydrogen) atoms. The van der Waals surface area contributed by atoms with Crippen molar-refractivity contribution in [3.8, 4) is 11.5 Å². The maximum atomic E-state index is 12.2. The molecule has 0 bridgehead atoms. The molecule has 1 saturated carbocycles. The van der Waals surface area contributed by atoms with Crippen LogP contribution in [0.15, 0.2) is 18.2 Å². The fraction of sp³-hybridized carbons (Fsp3) is 0.571. The Bertz CT molecular complexity index is 700. The van der Waals surface area contributed by atoms with Gasteiger partial charge < -0.3 is 19.5 Å². The minimum Gasteiger partial charge on any atom is -0.490 e. The molecule has 0 aliphatic heterocycles. The molecule has 0 heterocycles. The molecule has 1 aliphatic rings. The van der Waals surface area contributed by atoms with Gasteiger partial charge in [-0.3, -0.25) is 10.1 Å². The Balaban J connectivity index is 1.83. The van der Waals surface area contributed by atoms with Crippen molar-refractivity contribution in [3.05, 3.63) is 23.8 Å². The van der Waals surface area contributed by atoms with Gasteiger partial charge in [0.1, 0.15) is 0 Å². The Morgan fingerprint density at radius 1 is 1.03 bits per heavy atom. The molecule has 1 aromatic carbocycles. The third kappa shape index (κ3) is 7.63. The van der Waals surface area contributed by atoms with Gasteiger partial charge in [0.15, 0.2) is 18.1 Å². The summed E-state index contributed by atoms with van der Waals surface area (Å²) in [5, 5.41) is 4.96. The van der Waals surface area contributed by atoms with Gasteiger partial charge >= 0.3 is 12.0 Å². The highest BCUT2D eigenvalue weighted by atomic mass is 16.5. The summed E-state index contributed by atoms with van der Waals surface area (Å²) in [4.78, 5) is 36.0. The van der Waals surface area contributed by atoms with Gasteiger partial charge in [-0.05, 0) is 44.4 Å². The standard InChI is InChI=1S/C21H30N2O6/c1-3-12-28-17-11-10-15(13-18(17)27-4-2)20(25)29-14-19(24)23-21(26)22-16-8-6-5-7-9-16/h10-11,13,16H,3-9,12,14H2,1-2H3,(H2,22,23,24,26). The lowest BCUT2D eigenvalue weighted by Crippen LogP contribution is -2.46. The van der Waals surface area contributed by atoms with E-state index in [1.165, 1.54) is 12.5 Å². The van der Waals surface area contributed by atoms with Crippen molar-refractivity contribution in [1.29, 1.82) is 0 Å². The summed E-state index contributed by atoms with van der Waals surface area (Å²) in [6, 6.07) is 4.22. The molecule has 0 radical (unpaired) electrons. The van der Waals surface area contributed by atoms with E-state index in [0.29, 0.717) is 24.7 Å². The molecule has 3 amide bonds. The summed E-state index contributed by atoms with van der Waals surface area (Å²) in [5.74, 6) is -0.385. The number of carbonyl (C=O) groups excluding carboxylic acids is 3. The predicted molar refractivity (Wildman–Crippen MR) is 107 cm³/mol. The number of benzene rings is 1. The maximum absolute atomic E-state index is 12.2. The number of ether oxygens (including phenoxy) is 3. The van der Waals surface area contributed by atoms with E-state index in [9.17, 15) is 14.4 Å². The van der Waals surface area contributed by atoms with Crippen molar-refractivity contribution in [3.63, 3.8) is 0 Å². The second-order valence-corrected chi connectivity index (χ2v) is 6.88. The van der Waals surface area contributed by atoms with E-state index in [2.05, 4.69) is 10.6 Å². The maximum Gasteiger partial charge on any atom is 0.338 e. The SMILES string of the molecule is CCCOc1ccc(C(=O)OCC(=O)NC(=O)NC2CCCCC2)cc1OCC. The average molecular weight is 406 g/mol. The molecule has 0 aromatic heterocycles. The third-order valence-corrected chi connectivity index (χ3v) is 4.47. The molecule has 8 heteroatoms. The fourth-order valence-electron chi connectivity index (χ4n) is 3.08. The Kier molecular flexibility index (Phi) is 9.27. The van der Waals surface area contributed by atoms with Crippen LogP contribution in [-0.2, 0) is 9.53 Å². The first-order valence-electron chi connectivity index (χ1n) is 10.2. The highest BCUT2D eigenvalue weighted by Gasteiger charge is 2.18. The van der Waals surface area contributed by atoms with Gasteiger partial charge in [0, 0.05) is 6.04 Å². The molecule has 160 valence electrons. The average Bonchev–Trinajstić information content (AvgIpc) is 2.72. The van der Waals surface area contributed by atoms with Crippen LogP contribution >= 0.6 is 0 Å². The smallest absolute Gasteiger partial charge is 0.338 e. The van der Waals surface area contributed by atoms with Crippen LogP contribution in [0.4, 0.5) is 4.79 Å². The number of rotatable bonds is 9. The van der Waals surface area contributed by atoms with Crippen LogP contribution in [0.5, 0.6) is 11.5 Å². The normalized spacial score (nSPS) is 14.0. The first-order valence-corrected chi connectivity index (χ1v) is 10.2. The van der Waals surface area contributed by atoms with Crippen LogP contribution in [0.25, 0.3) is 0 Å². The van der Waals surface area contributed by atoms with E-state index in [4.69, 9.17) is 14.2 Å². The monoisotopic (exact) mass is 406 g/mol. The zero-order valence-electron chi connectivity index (χ0n) is 17.1. The van der Waals surface area contributed by atoms with E-state index in [1.54, 1.807) is 12.1 Å². The lowest BCUT2D eigenvalue weighted by Gasteiger charge is -2.22. The molecule has 0 atom stereocenters. The molecule has 1 aromatic rings. The highest BCUT2D eigenvalue weighted by molar-refractivity contribution is 5.97. The molecule has 0 unspecified atom stereocenters. The Labute approximate surface area is 171 Å². The van der Waals surface area contributed by atoms with Gasteiger partial charge in [-0.1, -0.05) is 26.2 Å². The summed E-state index contributed by atoms with van der Waals surface area (Å²) in [6.45, 7) is 4.23. The molecular weight excluding hydrogens is 376 g/mol.